The van der Waals surface area contributed by atoms with Gasteiger partial charge in [0.1, 0.15) is 17.5 Å². The van der Waals surface area contributed by atoms with Crippen LogP contribution in [0.5, 0.6) is 0 Å². The first-order valence-corrected chi connectivity index (χ1v) is 10.7. The van der Waals surface area contributed by atoms with Gasteiger partial charge in [0.2, 0.25) is 0 Å². The highest BCUT2D eigenvalue weighted by Gasteiger charge is 2.31. The van der Waals surface area contributed by atoms with Gasteiger partial charge in [0.25, 0.3) is 0 Å². The highest BCUT2D eigenvalue weighted by molar-refractivity contribution is 5.66. The Kier molecular flexibility index (Phi) is 6.48. The summed E-state index contributed by atoms with van der Waals surface area (Å²) in [5, 5.41) is 10.2. The van der Waals surface area contributed by atoms with Crippen LogP contribution in [0.15, 0.2) is 54.9 Å². The Bertz CT molecular complexity index is 1080. The Morgan fingerprint density at radius 1 is 1.03 bits per heavy atom. The van der Waals surface area contributed by atoms with Crippen LogP contribution in [0.2, 0.25) is 0 Å². The van der Waals surface area contributed by atoms with Gasteiger partial charge in [-0.25, -0.2) is 13.2 Å². The number of anilines is 1. The number of piperidine rings is 1. The number of aryl methyl sites for hydroxylation is 2. The second-order valence-electron chi connectivity index (χ2n) is 8.45. The number of hydrogen-bond donors (Lipinski definition) is 2. The zero-order valence-corrected chi connectivity index (χ0v) is 17.8. The van der Waals surface area contributed by atoms with Gasteiger partial charge in [0.05, 0.1) is 11.7 Å². The lowest BCUT2D eigenvalue weighted by atomic mass is 9.92. The molecule has 2 heterocycles. The molecule has 1 aromatic heterocycles. The number of pyridine rings is 1. The Labute approximate surface area is 185 Å². The largest absolute Gasteiger partial charge is 0.391 e. The molecule has 0 amide bonds. The molecule has 168 valence electrons. The summed E-state index contributed by atoms with van der Waals surface area (Å²) in [5.74, 6) is -2.23. The monoisotopic (exact) mass is 441 g/mol. The maximum absolute atomic E-state index is 14.4. The van der Waals surface area contributed by atoms with Crippen molar-refractivity contribution in [3.63, 3.8) is 0 Å². The quantitative estimate of drug-likeness (QED) is 0.626. The minimum atomic E-state index is -0.798. The van der Waals surface area contributed by atoms with Gasteiger partial charge in [-0.2, -0.15) is 0 Å². The predicted molar refractivity (Wildman–Crippen MR) is 119 cm³/mol. The first-order valence-electron chi connectivity index (χ1n) is 10.7. The number of nitrogens with two attached hydrogens (primary N) is 1. The molecule has 0 aliphatic carbocycles. The highest BCUT2D eigenvalue weighted by Crippen LogP contribution is 2.31. The van der Waals surface area contributed by atoms with Gasteiger partial charge in [0, 0.05) is 48.7 Å². The summed E-state index contributed by atoms with van der Waals surface area (Å²) in [6.45, 7) is 3.19. The molecular formula is C25H26F3N3O. The fraction of sp³-hybridized carbons (Fsp3) is 0.320. The van der Waals surface area contributed by atoms with Crippen LogP contribution in [0, 0.1) is 23.4 Å². The molecule has 3 aromatic rings. The Morgan fingerprint density at radius 2 is 1.78 bits per heavy atom. The molecule has 1 fully saturated rings. The number of aliphatic hydroxyl groups excluding tert-OH is 1. The van der Waals surface area contributed by atoms with E-state index in [-0.39, 0.29) is 23.1 Å². The molecule has 0 spiro atoms. The molecule has 0 unspecified atom stereocenters. The summed E-state index contributed by atoms with van der Waals surface area (Å²) in [5.41, 5.74) is 8.42. The Hall–Kier alpha value is -2.90. The molecule has 1 aliphatic rings. The third-order valence-corrected chi connectivity index (χ3v) is 6.13. The number of nitrogens with zero attached hydrogens (tertiary/aromatic N) is 2. The smallest absolute Gasteiger partial charge is 0.134 e. The second kappa shape index (κ2) is 9.30. The van der Waals surface area contributed by atoms with Gasteiger partial charge >= 0.3 is 0 Å². The zero-order valence-electron chi connectivity index (χ0n) is 17.8. The van der Waals surface area contributed by atoms with Crippen molar-refractivity contribution in [2.75, 3.05) is 18.0 Å². The molecule has 0 saturated carbocycles. The van der Waals surface area contributed by atoms with Crippen LogP contribution >= 0.6 is 0 Å². The van der Waals surface area contributed by atoms with E-state index in [0.29, 0.717) is 25.9 Å². The van der Waals surface area contributed by atoms with Crippen LogP contribution in [0.4, 0.5) is 18.9 Å². The molecule has 4 rings (SSSR count). The SMILES string of the molecule is C[C@H]1CN(c2ccncc2CCc2ccc(F)c(-c3c(F)cccc3F)c2)C[C@@H](N)[C@@H]1O. The Balaban J connectivity index is 1.57. The van der Waals surface area contributed by atoms with E-state index >= 15 is 0 Å². The fourth-order valence-corrected chi connectivity index (χ4v) is 4.39. The number of halogens is 3. The maximum atomic E-state index is 14.4. The Morgan fingerprint density at radius 3 is 2.50 bits per heavy atom. The summed E-state index contributed by atoms with van der Waals surface area (Å²) in [4.78, 5) is 6.40. The van der Waals surface area contributed by atoms with Crippen molar-refractivity contribution in [2.24, 2.45) is 11.7 Å². The molecule has 32 heavy (non-hydrogen) atoms. The standard InChI is InChI=1S/C25H26F3N3O/c1-15-13-31(14-22(29)25(15)32)23-9-10-30-12-17(23)7-5-16-6-8-19(26)18(11-16)24-20(27)3-2-4-21(24)28/h2-4,6,8-12,15,22,25,32H,5,7,13-14,29H2,1H3/t15-,22+,25+/m0/s1. The van der Waals surface area contributed by atoms with Crippen LogP contribution in [-0.4, -0.2) is 35.3 Å². The maximum Gasteiger partial charge on any atom is 0.134 e. The minimum Gasteiger partial charge on any atom is -0.391 e. The zero-order chi connectivity index (χ0) is 22.8. The molecule has 0 radical (unpaired) electrons. The van der Waals surface area contributed by atoms with E-state index in [1.54, 1.807) is 18.5 Å². The van der Waals surface area contributed by atoms with E-state index < -0.39 is 23.6 Å². The van der Waals surface area contributed by atoms with Gasteiger partial charge < -0.3 is 15.7 Å². The average molecular weight is 441 g/mol. The van der Waals surface area contributed by atoms with E-state index in [2.05, 4.69) is 9.88 Å². The van der Waals surface area contributed by atoms with Crippen LogP contribution < -0.4 is 10.6 Å². The topological polar surface area (TPSA) is 62.4 Å². The lowest BCUT2D eigenvalue weighted by Crippen LogP contribution is -2.55. The van der Waals surface area contributed by atoms with Crippen molar-refractivity contribution < 1.29 is 18.3 Å². The van der Waals surface area contributed by atoms with Crippen LogP contribution in [0.3, 0.4) is 0 Å². The second-order valence-corrected chi connectivity index (χ2v) is 8.45. The lowest BCUT2D eigenvalue weighted by molar-refractivity contribution is 0.0784. The van der Waals surface area contributed by atoms with Crippen molar-refractivity contribution in [1.29, 1.82) is 0 Å². The number of aromatic nitrogens is 1. The lowest BCUT2D eigenvalue weighted by Gasteiger charge is -2.40. The predicted octanol–water partition coefficient (Wildman–Crippen LogP) is 4.10. The molecule has 2 aromatic carbocycles. The molecule has 1 saturated heterocycles. The van der Waals surface area contributed by atoms with Crippen LogP contribution in [0.1, 0.15) is 18.1 Å². The third kappa shape index (κ3) is 4.49. The van der Waals surface area contributed by atoms with Gasteiger partial charge in [-0.1, -0.05) is 19.1 Å². The molecule has 3 atom stereocenters. The number of aliphatic hydroxyl groups is 1. The number of hydrogen-bond acceptors (Lipinski definition) is 4. The summed E-state index contributed by atoms with van der Waals surface area (Å²) >= 11 is 0. The van der Waals surface area contributed by atoms with E-state index in [9.17, 15) is 18.3 Å². The summed E-state index contributed by atoms with van der Waals surface area (Å²) in [7, 11) is 0. The van der Waals surface area contributed by atoms with E-state index in [4.69, 9.17) is 5.73 Å². The average Bonchev–Trinajstić information content (AvgIpc) is 2.77. The minimum absolute atomic E-state index is 0.0371. The third-order valence-electron chi connectivity index (χ3n) is 6.13. The first kappa shape index (κ1) is 22.3. The molecule has 1 aliphatic heterocycles. The number of rotatable bonds is 5. The van der Waals surface area contributed by atoms with E-state index in [1.807, 2.05) is 13.0 Å². The molecule has 3 N–H and O–H groups in total. The van der Waals surface area contributed by atoms with Crippen molar-refractivity contribution in [3.8, 4) is 11.1 Å². The van der Waals surface area contributed by atoms with Crippen LogP contribution in [-0.2, 0) is 12.8 Å². The van der Waals surface area contributed by atoms with Gasteiger partial charge in [-0.05, 0) is 54.3 Å². The van der Waals surface area contributed by atoms with Crippen LogP contribution in [0.25, 0.3) is 11.1 Å². The molecule has 7 heteroatoms. The molecular weight excluding hydrogens is 415 g/mol. The summed E-state index contributed by atoms with van der Waals surface area (Å²) in [6.07, 6.45) is 4.12. The van der Waals surface area contributed by atoms with E-state index in [1.165, 1.54) is 18.2 Å². The summed E-state index contributed by atoms with van der Waals surface area (Å²) < 4.78 is 42.8. The summed E-state index contributed by atoms with van der Waals surface area (Å²) in [6, 6.07) is 9.46. The van der Waals surface area contributed by atoms with Gasteiger partial charge in [-0.15, -0.1) is 0 Å². The first-order chi connectivity index (χ1) is 15.3. The number of benzene rings is 2. The van der Waals surface area contributed by atoms with Crippen molar-refractivity contribution >= 4 is 5.69 Å². The van der Waals surface area contributed by atoms with Gasteiger partial charge in [-0.3, -0.25) is 4.98 Å². The van der Waals surface area contributed by atoms with E-state index in [0.717, 1.165) is 28.9 Å². The van der Waals surface area contributed by atoms with Gasteiger partial charge in [0.15, 0.2) is 0 Å². The van der Waals surface area contributed by atoms with Crippen molar-refractivity contribution in [3.05, 3.63) is 83.4 Å². The van der Waals surface area contributed by atoms with Crippen molar-refractivity contribution in [2.45, 2.75) is 31.9 Å². The normalized spacial score (nSPS) is 21.1. The fourth-order valence-electron chi connectivity index (χ4n) is 4.39. The molecule has 4 nitrogen and oxygen atoms in total. The molecule has 0 bridgehead atoms. The highest BCUT2D eigenvalue weighted by atomic mass is 19.1. The van der Waals surface area contributed by atoms with Crippen molar-refractivity contribution in [1.82, 2.24) is 4.98 Å².